The van der Waals surface area contributed by atoms with Gasteiger partial charge in [-0.1, -0.05) is 19.1 Å². The molecule has 0 bridgehead atoms. The fourth-order valence-corrected chi connectivity index (χ4v) is 6.29. The lowest BCUT2D eigenvalue weighted by Gasteiger charge is -2.41. The molecule has 3 aliphatic rings. The van der Waals surface area contributed by atoms with E-state index in [2.05, 4.69) is 18.7 Å². The Hall–Kier alpha value is -3.76. The summed E-state index contributed by atoms with van der Waals surface area (Å²) in [4.78, 5) is 28.9. The third-order valence-electron chi connectivity index (χ3n) is 8.43. The van der Waals surface area contributed by atoms with Gasteiger partial charge in [-0.05, 0) is 73.3 Å². The van der Waals surface area contributed by atoms with E-state index >= 15 is 0 Å². The number of benzene rings is 2. The van der Waals surface area contributed by atoms with E-state index in [1.165, 1.54) is 27.4 Å². The molecule has 0 amide bonds. The van der Waals surface area contributed by atoms with Crippen LogP contribution in [0.15, 0.2) is 48.2 Å². The lowest BCUT2D eigenvalue weighted by Crippen LogP contribution is -2.50. The number of methoxy groups -OCH3 is 3. The summed E-state index contributed by atoms with van der Waals surface area (Å²) in [6.07, 6.45) is 2.16. The molecule has 2 aromatic carbocycles. The Labute approximate surface area is 239 Å². The van der Waals surface area contributed by atoms with Crippen LogP contribution in [0, 0.1) is 0 Å². The molecule has 10 nitrogen and oxygen atoms in total. The van der Waals surface area contributed by atoms with Gasteiger partial charge in [-0.15, -0.1) is 0 Å². The number of ether oxygens (including phenoxy) is 6. The highest BCUT2D eigenvalue weighted by Gasteiger charge is 2.55. The van der Waals surface area contributed by atoms with E-state index in [0.29, 0.717) is 23.0 Å². The van der Waals surface area contributed by atoms with Crippen LogP contribution in [0.3, 0.4) is 0 Å². The molecule has 0 saturated carbocycles. The minimum Gasteiger partial charge on any atom is -0.497 e. The zero-order chi connectivity index (χ0) is 29.4. The van der Waals surface area contributed by atoms with Gasteiger partial charge in [-0.3, -0.25) is 9.69 Å². The van der Waals surface area contributed by atoms with Crippen LogP contribution in [-0.2, 0) is 35.8 Å². The van der Waals surface area contributed by atoms with Crippen LogP contribution in [0.1, 0.15) is 49.3 Å². The number of fused-ring (bicyclic) bond motifs is 4. The van der Waals surface area contributed by atoms with Gasteiger partial charge in [0.15, 0.2) is 23.2 Å². The minimum absolute atomic E-state index is 0.142. The molecule has 1 N–H and O–H groups in total. The predicted molar refractivity (Wildman–Crippen MR) is 148 cm³/mol. The first-order valence-corrected chi connectivity index (χ1v) is 13.8. The summed E-state index contributed by atoms with van der Waals surface area (Å²) in [5.41, 5.74) is -0.761. The quantitative estimate of drug-likeness (QED) is 0.452. The maximum Gasteiger partial charge on any atom is 0.344 e. The van der Waals surface area contributed by atoms with E-state index in [4.69, 9.17) is 28.4 Å². The highest BCUT2D eigenvalue weighted by molar-refractivity contribution is 5.87. The van der Waals surface area contributed by atoms with E-state index in [0.717, 1.165) is 37.1 Å². The van der Waals surface area contributed by atoms with Crippen molar-refractivity contribution in [3.8, 4) is 17.2 Å². The van der Waals surface area contributed by atoms with E-state index in [1.54, 1.807) is 18.2 Å². The molecule has 1 aliphatic carbocycles. The first-order chi connectivity index (χ1) is 19.7. The van der Waals surface area contributed by atoms with Crippen molar-refractivity contribution < 1.29 is 43.1 Å². The van der Waals surface area contributed by atoms with Crippen molar-refractivity contribution in [3.63, 3.8) is 0 Å². The standard InChI is InChI=1S/C31H37NO9/c1-6-11-32-12-10-19-13-23-24(40-18-39-23)15-22(19)27-28(25(37-4)16-30(27,32)2)41-29(34)31(35,17-26(33)38-5)20-8-7-9-21(14-20)36-3/h7-9,13-16,27-28,35H,6,10-12,17-18H2,1-5H3/t27?,28?,30?,31-/m0/s1. The van der Waals surface area contributed by atoms with Crippen LogP contribution in [0.4, 0.5) is 0 Å². The second kappa shape index (κ2) is 11.3. The normalized spacial score (nSPS) is 24.3. The summed E-state index contributed by atoms with van der Waals surface area (Å²) < 4.78 is 33.6. The molecule has 0 fully saturated rings. The van der Waals surface area contributed by atoms with Crippen LogP contribution < -0.4 is 14.2 Å². The second-order valence-electron chi connectivity index (χ2n) is 10.8. The van der Waals surface area contributed by atoms with Crippen LogP contribution in [0.5, 0.6) is 17.2 Å². The second-order valence-corrected chi connectivity index (χ2v) is 10.8. The van der Waals surface area contributed by atoms with Crippen molar-refractivity contribution in [2.45, 2.75) is 56.3 Å². The van der Waals surface area contributed by atoms with Crippen molar-refractivity contribution >= 4 is 11.9 Å². The van der Waals surface area contributed by atoms with E-state index in [1.807, 2.05) is 18.2 Å². The van der Waals surface area contributed by atoms with Crippen LogP contribution in [0.2, 0.25) is 0 Å². The Morgan fingerprint density at radius 1 is 1.12 bits per heavy atom. The van der Waals surface area contributed by atoms with Crippen molar-refractivity contribution in [2.24, 2.45) is 0 Å². The molecule has 0 aromatic heterocycles. The van der Waals surface area contributed by atoms with Gasteiger partial charge in [0.25, 0.3) is 0 Å². The molecule has 0 radical (unpaired) electrons. The average Bonchev–Trinajstić information content (AvgIpc) is 3.52. The van der Waals surface area contributed by atoms with Crippen molar-refractivity contribution in [2.75, 3.05) is 41.2 Å². The molecule has 2 aliphatic heterocycles. The smallest absolute Gasteiger partial charge is 0.344 e. The van der Waals surface area contributed by atoms with Gasteiger partial charge in [0.1, 0.15) is 11.5 Å². The summed E-state index contributed by atoms with van der Waals surface area (Å²) >= 11 is 0. The molecular formula is C31H37NO9. The van der Waals surface area contributed by atoms with Crippen molar-refractivity contribution in [3.05, 3.63) is 64.9 Å². The number of hydrogen-bond acceptors (Lipinski definition) is 10. The molecule has 0 spiro atoms. The van der Waals surface area contributed by atoms with Gasteiger partial charge in [-0.2, -0.15) is 0 Å². The third kappa shape index (κ3) is 4.99. The largest absolute Gasteiger partial charge is 0.497 e. The summed E-state index contributed by atoms with van der Waals surface area (Å²) in [6.45, 7) is 5.97. The number of carbonyl (C=O) groups is 2. The average molecular weight is 568 g/mol. The third-order valence-corrected chi connectivity index (χ3v) is 8.43. The van der Waals surface area contributed by atoms with Crippen LogP contribution in [0.25, 0.3) is 0 Å². The Morgan fingerprint density at radius 2 is 1.88 bits per heavy atom. The van der Waals surface area contributed by atoms with E-state index < -0.39 is 41.5 Å². The SMILES string of the molecule is CCCN1CCc2cc3c(cc2C2C(OC(=O)[C@](O)(CC(=O)OC)c4cccc(OC)c4)C(OC)=CC21C)OCO3. The Bertz CT molecular complexity index is 1360. The topological polar surface area (TPSA) is 113 Å². The van der Waals surface area contributed by atoms with Crippen molar-refractivity contribution in [1.82, 2.24) is 4.90 Å². The van der Waals surface area contributed by atoms with Crippen LogP contribution >= 0.6 is 0 Å². The summed E-state index contributed by atoms with van der Waals surface area (Å²) in [5.74, 6) is 0.0233. The number of aliphatic hydroxyl groups is 1. The number of carbonyl (C=O) groups excluding carboxylic acids is 2. The van der Waals surface area contributed by atoms with Gasteiger partial charge in [0, 0.05) is 6.54 Å². The number of hydrogen-bond donors (Lipinski definition) is 1. The fraction of sp³-hybridized carbons (Fsp3) is 0.484. The monoisotopic (exact) mass is 567 g/mol. The molecule has 220 valence electrons. The predicted octanol–water partition coefficient (Wildman–Crippen LogP) is 3.44. The van der Waals surface area contributed by atoms with Crippen molar-refractivity contribution in [1.29, 1.82) is 0 Å². The lowest BCUT2D eigenvalue weighted by molar-refractivity contribution is -0.179. The Balaban J connectivity index is 1.60. The molecule has 2 aromatic rings. The minimum atomic E-state index is -2.34. The van der Waals surface area contributed by atoms with Crippen LogP contribution in [-0.4, -0.2) is 74.8 Å². The lowest BCUT2D eigenvalue weighted by atomic mass is 9.79. The zero-order valence-corrected chi connectivity index (χ0v) is 24.1. The molecule has 0 saturated heterocycles. The molecule has 10 heteroatoms. The van der Waals surface area contributed by atoms with Gasteiger partial charge in [0.2, 0.25) is 6.79 Å². The first-order valence-electron chi connectivity index (χ1n) is 13.8. The number of esters is 2. The molecular weight excluding hydrogens is 530 g/mol. The summed E-state index contributed by atoms with van der Waals surface area (Å²) in [5, 5.41) is 11.8. The maximum atomic E-state index is 14.0. The first kappa shape index (κ1) is 28.8. The maximum absolute atomic E-state index is 14.0. The number of nitrogens with zero attached hydrogens (tertiary/aromatic N) is 1. The van der Waals surface area contributed by atoms with E-state index in [9.17, 15) is 14.7 Å². The highest BCUT2D eigenvalue weighted by Crippen LogP contribution is 2.52. The Kier molecular flexibility index (Phi) is 7.89. The summed E-state index contributed by atoms with van der Waals surface area (Å²) in [7, 11) is 4.21. The fourth-order valence-electron chi connectivity index (χ4n) is 6.29. The molecule has 2 heterocycles. The molecule has 5 rings (SSSR count). The molecule has 4 atom stereocenters. The van der Waals surface area contributed by atoms with Gasteiger partial charge >= 0.3 is 11.9 Å². The number of rotatable bonds is 9. The van der Waals surface area contributed by atoms with Gasteiger partial charge in [-0.25, -0.2) is 4.79 Å². The molecule has 41 heavy (non-hydrogen) atoms. The zero-order valence-electron chi connectivity index (χ0n) is 24.1. The molecule has 3 unspecified atom stereocenters. The van der Waals surface area contributed by atoms with Gasteiger partial charge in [0.05, 0.1) is 39.2 Å². The van der Waals surface area contributed by atoms with Gasteiger partial charge < -0.3 is 33.5 Å². The summed E-state index contributed by atoms with van der Waals surface area (Å²) in [6, 6.07) is 10.3. The Morgan fingerprint density at radius 3 is 2.56 bits per heavy atom. The highest BCUT2D eigenvalue weighted by atomic mass is 16.7. The van der Waals surface area contributed by atoms with E-state index in [-0.39, 0.29) is 12.4 Å².